The lowest BCUT2D eigenvalue weighted by atomic mass is 10.1. The largest absolute Gasteiger partial charge is 0.416 e. The zero-order valence-electron chi connectivity index (χ0n) is 13.5. The Kier molecular flexibility index (Phi) is 4.48. The number of carbonyl (C=O) groups is 1. The summed E-state index contributed by atoms with van der Waals surface area (Å²) in [4.78, 5) is 16.6. The van der Waals surface area contributed by atoms with Crippen molar-refractivity contribution in [3.8, 4) is 0 Å². The molecule has 1 aromatic heterocycles. The van der Waals surface area contributed by atoms with Crippen LogP contribution >= 0.6 is 0 Å². The summed E-state index contributed by atoms with van der Waals surface area (Å²) in [6.07, 6.45) is -4.58. The Hall–Kier alpha value is -2.83. The lowest BCUT2D eigenvalue weighted by Gasteiger charge is -2.10. The molecule has 1 amide bonds. The van der Waals surface area contributed by atoms with E-state index < -0.39 is 17.6 Å². The number of hydrogen-bond donors (Lipinski definition) is 1. The highest BCUT2D eigenvalue weighted by Gasteiger charge is 2.30. The molecule has 1 N–H and O–H groups in total. The van der Waals surface area contributed by atoms with Gasteiger partial charge in [-0.1, -0.05) is 30.3 Å². The first-order valence-corrected chi connectivity index (χ1v) is 7.79. The lowest BCUT2D eigenvalue weighted by molar-refractivity contribution is -0.137. The molecular weight excluding hydrogens is 331 g/mol. The van der Waals surface area contributed by atoms with Crippen molar-refractivity contribution in [3.05, 3.63) is 59.7 Å². The number of carbonyl (C=O) groups excluding carboxylic acids is 1. The third-order valence-corrected chi connectivity index (χ3v) is 3.84. The second-order valence-corrected chi connectivity index (χ2v) is 5.59. The summed E-state index contributed by atoms with van der Waals surface area (Å²) in [7, 11) is 0. The first kappa shape index (κ1) is 17.0. The number of aromatic nitrogens is 2. The van der Waals surface area contributed by atoms with Crippen LogP contribution in [0.3, 0.4) is 0 Å². The van der Waals surface area contributed by atoms with Gasteiger partial charge in [0.1, 0.15) is 0 Å². The molecule has 0 bridgehead atoms. The monoisotopic (exact) mass is 347 g/mol. The molecule has 130 valence electrons. The summed E-state index contributed by atoms with van der Waals surface area (Å²) in [5.74, 6) is -0.0231. The number of anilines is 1. The third kappa shape index (κ3) is 3.65. The predicted octanol–water partition coefficient (Wildman–Crippen LogP) is 4.26. The molecule has 0 saturated carbocycles. The maximum Gasteiger partial charge on any atom is 0.416 e. The number of nitrogens with zero attached hydrogens (tertiary/aromatic N) is 2. The molecule has 0 aliphatic carbocycles. The lowest BCUT2D eigenvalue weighted by Crippen LogP contribution is -2.18. The van der Waals surface area contributed by atoms with Crippen LogP contribution in [-0.4, -0.2) is 15.5 Å². The maximum atomic E-state index is 12.8. The molecule has 0 aliphatic heterocycles. The summed E-state index contributed by atoms with van der Waals surface area (Å²) in [5, 5.41) is 2.69. The fourth-order valence-corrected chi connectivity index (χ4v) is 2.70. The van der Waals surface area contributed by atoms with Crippen molar-refractivity contribution < 1.29 is 18.0 Å². The number of rotatable bonds is 4. The highest BCUT2D eigenvalue weighted by atomic mass is 19.4. The van der Waals surface area contributed by atoms with Gasteiger partial charge < -0.3 is 4.57 Å². The van der Waals surface area contributed by atoms with Gasteiger partial charge >= 0.3 is 6.18 Å². The van der Waals surface area contributed by atoms with E-state index in [0.29, 0.717) is 18.1 Å². The summed E-state index contributed by atoms with van der Waals surface area (Å²) in [6, 6.07) is 12.2. The number of nitrogens with one attached hydrogen (secondary N) is 1. The van der Waals surface area contributed by atoms with Crippen molar-refractivity contribution in [2.24, 2.45) is 0 Å². The highest BCUT2D eigenvalue weighted by Crippen LogP contribution is 2.29. The van der Waals surface area contributed by atoms with Crippen LogP contribution in [-0.2, 0) is 23.9 Å². The van der Waals surface area contributed by atoms with Gasteiger partial charge in [-0.15, -0.1) is 0 Å². The minimum absolute atomic E-state index is 0.156. The molecule has 3 aromatic rings. The van der Waals surface area contributed by atoms with Crippen LogP contribution in [0.2, 0.25) is 0 Å². The minimum Gasteiger partial charge on any atom is -0.310 e. The standard InChI is InChI=1S/C18H16F3N3O/c1-2-24-15-9-4-3-8-14(15)22-17(24)23-16(25)11-12-6-5-7-13(10-12)18(19,20)21/h3-10H,2,11H2,1H3,(H,22,23,25). The molecule has 1 heterocycles. The molecular formula is C18H16F3N3O. The van der Waals surface area contributed by atoms with Gasteiger partial charge in [-0.3, -0.25) is 10.1 Å². The molecule has 0 aliphatic rings. The van der Waals surface area contributed by atoms with E-state index in [1.54, 1.807) is 0 Å². The zero-order chi connectivity index (χ0) is 18.0. The highest BCUT2D eigenvalue weighted by molar-refractivity contribution is 5.92. The van der Waals surface area contributed by atoms with E-state index in [-0.39, 0.29) is 6.42 Å². The van der Waals surface area contributed by atoms with E-state index in [9.17, 15) is 18.0 Å². The third-order valence-electron chi connectivity index (χ3n) is 3.84. The molecule has 2 aromatic carbocycles. The number of alkyl halides is 3. The number of aryl methyl sites for hydroxylation is 1. The van der Waals surface area contributed by atoms with Crippen LogP contribution in [0, 0.1) is 0 Å². The molecule has 0 atom stereocenters. The number of para-hydroxylation sites is 2. The van der Waals surface area contributed by atoms with Crippen molar-refractivity contribution in [2.45, 2.75) is 26.1 Å². The molecule has 0 unspecified atom stereocenters. The van der Waals surface area contributed by atoms with Gasteiger partial charge in [0.05, 0.1) is 23.0 Å². The number of imidazole rings is 1. The summed E-state index contributed by atoms with van der Waals surface area (Å²) in [6.45, 7) is 2.54. The molecule has 0 spiro atoms. The van der Waals surface area contributed by atoms with Gasteiger partial charge in [0, 0.05) is 6.54 Å². The first-order chi connectivity index (χ1) is 11.9. The molecule has 25 heavy (non-hydrogen) atoms. The Morgan fingerprint density at radius 2 is 1.92 bits per heavy atom. The summed E-state index contributed by atoms with van der Waals surface area (Å²) < 4.78 is 40.1. The number of amides is 1. The number of hydrogen-bond acceptors (Lipinski definition) is 2. The second-order valence-electron chi connectivity index (χ2n) is 5.59. The van der Waals surface area contributed by atoms with Crippen LogP contribution in [0.1, 0.15) is 18.1 Å². The fourth-order valence-electron chi connectivity index (χ4n) is 2.70. The van der Waals surface area contributed by atoms with E-state index in [1.807, 2.05) is 35.8 Å². The molecule has 0 radical (unpaired) electrons. The number of halogens is 3. The van der Waals surface area contributed by atoms with Gasteiger partial charge in [0.15, 0.2) is 0 Å². The van der Waals surface area contributed by atoms with Crippen LogP contribution in [0.5, 0.6) is 0 Å². The Morgan fingerprint density at radius 3 is 2.64 bits per heavy atom. The second kappa shape index (κ2) is 6.58. The van der Waals surface area contributed by atoms with E-state index >= 15 is 0 Å². The average Bonchev–Trinajstić information content (AvgIpc) is 2.91. The molecule has 0 saturated heterocycles. The van der Waals surface area contributed by atoms with Gasteiger partial charge in [-0.2, -0.15) is 13.2 Å². The maximum absolute atomic E-state index is 12.8. The predicted molar refractivity (Wildman–Crippen MR) is 89.2 cm³/mol. The van der Waals surface area contributed by atoms with E-state index in [4.69, 9.17) is 0 Å². The van der Waals surface area contributed by atoms with Crippen LogP contribution < -0.4 is 5.32 Å². The van der Waals surface area contributed by atoms with Crippen molar-refractivity contribution in [1.82, 2.24) is 9.55 Å². The Labute approximate surface area is 142 Å². The average molecular weight is 347 g/mol. The van der Waals surface area contributed by atoms with E-state index in [1.165, 1.54) is 12.1 Å². The minimum atomic E-state index is -4.43. The summed E-state index contributed by atoms with van der Waals surface area (Å²) in [5.41, 5.74) is 1.17. The van der Waals surface area contributed by atoms with Crippen LogP contribution in [0.4, 0.5) is 19.1 Å². The van der Waals surface area contributed by atoms with Crippen LogP contribution in [0.25, 0.3) is 11.0 Å². The van der Waals surface area contributed by atoms with E-state index in [2.05, 4.69) is 10.3 Å². The van der Waals surface area contributed by atoms with E-state index in [0.717, 1.165) is 23.2 Å². The zero-order valence-corrected chi connectivity index (χ0v) is 13.5. The van der Waals surface area contributed by atoms with Gasteiger partial charge in [0.25, 0.3) is 0 Å². The van der Waals surface area contributed by atoms with Crippen molar-refractivity contribution in [1.29, 1.82) is 0 Å². The molecule has 7 heteroatoms. The fraction of sp³-hybridized carbons (Fsp3) is 0.222. The van der Waals surface area contributed by atoms with Crippen molar-refractivity contribution in [3.63, 3.8) is 0 Å². The molecule has 4 nitrogen and oxygen atoms in total. The van der Waals surface area contributed by atoms with Crippen LogP contribution in [0.15, 0.2) is 48.5 Å². The first-order valence-electron chi connectivity index (χ1n) is 7.79. The van der Waals surface area contributed by atoms with Crippen molar-refractivity contribution >= 4 is 22.9 Å². The number of fused-ring (bicyclic) bond motifs is 1. The Balaban J connectivity index is 1.80. The van der Waals surface area contributed by atoms with Gasteiger partial charge in [-0.05, 0) is 30.7 Å². The Morgan fingerprint density at radius 1 is 1.16 bits per heavy atom. The molecule has 3 rings (SSSR count). The number of benzene rings is 2. The normalized spacial score (nSPS) is 11.7. The topological polar surface area (TPSA) is 46.9 Å². The molecule has 0 fully saturated rings. The Bertz CT molecular complexity index is 915. The van der Waals surface area contributed by atoms with Crippen molar-refractivity contribution in [2.75, 3.05) is 5.32 Å². The van der Waals surface area contributed by atoms with Gasteiger partial charge in [-0.25, -0.2) is 4.98 Å². The quantitative estimate of drug-likeness (QED) is 0.767. The smallest absolute Gasteiger partial charge is 0.310 e. The summed E-state index contributed by atoms with van der Waals surface area (Å²) >= 11 is 0. The van der Waals surface area contributed by atoms with Gasteiger partial charge in [0.2, 0.25) is 11.9 Å². The SMILES string of the molecule is CCn1c(NC(=O)Cc2cccc(C(F)(F)F)c2)nc2ccccc21.